The van der Waals surface area contributed by atoms with Crippen molar-refractivity contribution >= 4 is 23.5 Å². The number of ether oxygens (including phenoxy) is 1. The Morgan fingerprint density at radius 2 is 2.00 bits per heavy atom. The van der Waals surface area contributed by atoms with Gasteiger partial charge in [0, 0.05) is 29.2 Å². The second-order valence-electron chi connectivity index (χ2n) is 6.52. The van der Waals surface area contributed by atoms with Crippen LogP contribution in [0.25, 0.3) is 0 Å². The molecule has 1 fully saturated rings. The lowest BCUT2D eigenvalue weighted by molar-refractivity contribution is -0.146. The van der Waals surface area contributed by atoms with Crippen LogP contribution in [0.2, 0.25) is 0 Å². The maximum absolute atomic E-state index is 12.0. The molecule has 0 aliphatic heterocycles. The molecule has 1 heterocycles. The molecule has 7 heteroatoms. The summed E-state index contributed by atoms with van der Waals surface area (Å²) in [6.07, 6.45) is 3.67. The van der Waals surface area contributed by atoms with Crippen molar-refractivity contribution in [2.24, 2.45) is 0 Å². The van der Waals surface area contributed by atoms with E-state index < -0.39 is 18.5 Å². The molecular formula is C20H21N3O4. The van der Waals surface area contributed by atoms with Crippen molar-refractivity contribution in [2.45, 2.75) is 32.2 Å². The summed E-state index contributed by atoms with van der Waals surface area (Å²) in [5.41, 5.74) is 2.53. The van der Waals surface area contributed by atoms with Crippen molar-refractivity contribution in [3.8, 4) is 0 Å². The minimum atomic E-state index is -0.506. The van der Waals surface area contributed by atoms with Crippen LogP contribution in [0.3, 0.4) is 0 Å². The first-order valence-corrected chi connectivity index (χ1v) is 8.77. The van der Waals surface area contributed by atoms with Crippen molar-refractivity contribution in [1.29, 1.82) is 0 Å². The number of aromatic nitrogens is 1. The molecule has 7 nitrogen and oxygen atoms in total. The third-order valence-electron chi connectivity index (χ3n) is 4.01. The van der Waals surface area contributed by atoms with E-state index in [0.29, 0.717) is 11.3 Å². The largest absolute Gasteiger partial charge is 0.455 e. The van der Waals surface area contributed by atoms with Gasteiger partial charge in [-0.2, -0.15) is 0 Å². The number of pyridine rings is 1. The molecule has 2 N–H and O–H groups in total. The van der Waals surface area contributed by atoms with Crippen LogP contribution in [0.5, 0.6) is 0 Å². The van der Waals surface area contributed by atoms with Crippen molar-refractivity contribution in [1.82, 2.24) is 10.3 Å². The van der Waals surface area contributed by atoms with Crippen molar-refractivity contribution in [3.05, 3.63) is 59.4 Å². The van der Waals surface area contributed by atoms with Crippen molar-refractivity contribution in [2.75, 3.05) is 11.9 Å². The van der Waals surface area contributed by atoms with Gasteiger partial charge in [0.25, 0.3) is 11.8 Å². The number of anilines is 1. The highest BCUT2D eigenvalue weighted by Crippen LogP contribution is 2.20. The van der Waals surface area contributed by atoms with Gasteiger partial charge in [0.05, 0.1) is 6.42 Å². The van der Waals surface area contributed by atoms with E-state index in [1.165, 1.54) is 0 Å². The predicted octanol–water partition coefficient (Wildman–Crippen LogP) is 2.01. The topological polar surface area (TPSA) is 97.4 Å². The molecule has 3 rings (SSSR count). The van der Waals surface area contributed by atoms with E-state index in [4.69, 9.17) is 4.74 Å². The molecule has 1 aliphatic carbocycles. The molecule has 1 aliphatic rings. The molecule has 0 unspecified atom stereocenters. The molecule has 1 aromatic heterocycles. The van der Waals surface area contributed by atoms with Crippen LogP contribution in [0.4, 0.5) is 5.69 Å². The standard InChI is InChI=1S/C20H21N3O4/c1-13-5-6-14(11-21-13)9-19(25)27-12-18(24)22-17-4-2-3-15(10-17)20(26)23-16-7-8-16/h2-6,10-11,16H,7-9,12H2,1H3,(H,22,24)(H,23,26). The highest BCUT2D eigenvalue weighted by Gasteiger charge is 2.23. The van der Waals surface area contributed by atoms with Gasteiger partial charge in [-0.05, 0) is 49.6 Å². The molecule has 0 atom stereocenters. The Morgan fingerprint density at radius 3 is 2.70 bits per heavy atom. The third kappa shape index (κ3) is 5.91. The first kappa shape index (κ1) is 18.6. The maximum atomic E-state index is 12.0. The molecule has 2 amide bonds. The van der Waals surface area contributed by atoms with Gasteiger partial charge in [-0.25, -0.2) is 0 Å². The summed E-state index contributed by atoms with van der Waals surface area (Å²) in [6.45, 7) is 1.47. The number of carbonyl (C=O) groups excluding carboxylic acids is 3. The van der Waals surface area contributed by atoms with E-state index in [9.17, 15) is 14.4 Å². The van der Waals surface area contributed by atoms with Crippen LogP contribution in [0.1, 0.15) is 34.5 Å². The number of carbonyl (C=O) groups is 3. The molecule has 0 radical (unpaired) electrons. The second kappa shape index (κ2) is 8.44. The lowest BCUT2D eigenvalue weighted by Gasteiger charge is -2.09. The zero-order valence-electron chi connectivity index (χ0n) is 15.0. The fourth-order valence-corrected chi connectivity index (χ4v) is 2.40. The number of esters is 1. The summed E-state index contributed by atoms with van der Waals surface area (Å²) in [5.74, 6) is -1.13. The van der Waals surface area contributed by atoms with Crippen molar-refractivity contribution in [3.63, 3.8) is 0 Å². The summed E-state index contributed by atoms with van der Waals surface area (Å²) in [6, 6.07) is 10.5. The van der Waals surface area contributed by atoms with Crippen LogP contribution in [0.15, 0.2) is 42.6 Å². The van der Waals surface area contributed by atoms with Gasteiger partial charge in [-0.15, -0.1) is 0 Å². The normalized spacial score (nSPS) is 12.9. The number of amides is 2. The van der Waals surface area contributed by atoms with Gasteiger partial charge >= 0.3 is 5.97 Å². The fourth-order valence-electron chi connectivity index (χ4n) is 2.40. The van der Waals surface area contributed by atoms with Crippen LogP contribution in [-0.4, -0.2) is 35.4 Å². The molecule has 1 saturated carbocycles. The van der Waals surface area contributed by atoms with Crippen LogP contribution < -0.4 is 10.6 Å². The molecule has 2 aromatic rings. The SMILES string of the molecule is Cc1ccc(CC(=O)OCC(=O)Nc2cccc(C(=O)NC3CC3)c2)cn1. The quantitative estimate of drug-likeness (QED) is 0.730. The zero-order valence-corrected chi connectivity index (χ0v) is 15.0. The van der Waals surface area contributed by atoms with Gasteiger partial charge in [0.2, 0.25) is 0 Å². The Morgan fingerprint density at radius 1 is 1.19 bits per heavy atom. The van der Waals surface area contributed by atoms with Gasteiger partial charge < -0.3 is 15.4 Å². The first-order chi connectivity index (χ1) is 13.0. The van der Waals surface area contributed by atoms with E-state index in [-0.39, 0.29) is 18.4 Å². The Bertz CT molecular complexity index is 845. The fraction of sp³-hybridized carbons (Fsp3) is 0.300. The monoisotopic (exact) mass is 367 g/mol. The highest BCUT2D eigenvalue weighted by molar-refractivity contribution is 5.98. The summed E-state index contributed by atoms with van der Waals surface area (Å²) in [7, 11) is 0. The van der Waals surface area contributed by atoms with E-state index in [1.54, 1.807) is 36.5 Å². The maximum Gasteiger partial charge on any atom is 0.310 e. The van der Waals surface area contributed by atoms with Gasteiger partial charge in [-0.1, -0.05) is 12.1 Å². The zero-order chi connectivity index (χ0) is 19.2. The number of benzene rings is 1. The van der Waals surface area contributed by atoms with E-state index >= 15 is 0 Å². The van der Waals surface area contributed by atoms with Gasteiger partial charge in [0.15, 0.2) is 6.61 Å². The summed E-state index contributed by atoms with van der Waals surface area (Å²) < 4.78 is 4.99. The number of nitrogens with one attached hydrogen (secondary N) is 2. The van der Waals surface area contributed by atoms with E-state index in [1.807, 2.05) is 13.0 Å². The second-order valence-corrected chi connectivity index (χ2v) is 6.52. The van der Waals surface area contributed by atoms with E-state index in [0.717, 1.165) is 24.1 Å². The predicted molar refractivity (Wildman–Crippen MR) is 99.2 cm³/mol. The Labute approximate surface area is 157 Å². The number of nitrogens with zero attached hydrogens (tertiary/aromatic N) is 1. The van der Waals surface area contributed by atoms with Crippen molar-refractivity contribution < 1.29 is 19.1 Å². The highest BCUT2D eigenvalue weighted by atomic mass is 16.5. The van der Waals surface area contributed by atoms with Gasteiger partial charge in [-0.3, -0.25) is 19.4 Å². The Balaban J connectivity index is 1.46. The minimum absolute atomic E-state index is 0.0530. The average molecular weight is 367 g/mol. The lowest BCUT2D eigenvalue weighted by Crippen LogP contribution is -2.25. The van der Waals surface area contributed by atoms with Crippen LogP contribution in [0, 0.1) is 6.92 Å². The van der Waals surface area contributed by atoms with Crippen LogP contribution in [-0.2, 0) is 20.7 Å². The molecule has 27 heavy (non-hydrogen) atoms. The number of hydrogen-bond donors (Lipinski definition) is 2. The Kier molecular flexibility index (Phi) is 5.80. The van der Waals surface area contributed by atoms with Gasteiger partial charge in [0.1, 0.15) is 0 Å². The number of rotatable bonds is 7. The lowest BCUT2D eigenvalue weighted by atomic mass is 10.2. The third-order valence-corrected chi connectivity index (χ3v) is 4.01. The smallest absolute Gasteiger partial charge is 0.310 e. The molecule has 0 saturated heterocycles. The van der Waals surface area contributed by atoms with E-state index in [2.05, 4.69) is 15.6 Å². The van der Waals surface area contributed by atoms with Crippen LogP contribution >= 0.6 is 0 Å². The molecule has 0 spiro atoms. The minimum Gasteiger partial charge on any atom is -0.455 e. The summed E-state index contributed by atoms with van der Waals surface area (Å²) >= 11 is 0. The first-order valence-electron chi connectivity index (χ1n) is 8.77. The number of aryl methyl sites for hydroxylation is 1. The molecule has 1 aromatic carbocycles. The Hall–Kier alpha value is -3.22. The molecular weight excluding hydrogens is 346 g/mol. The molecule has 140 valence electrons. The number of hydrogen-bond acceptors (Lipinski definition) is 5. The molecule has 0 bridgehead atoms. The summed E-state index contributed by atoms with van der Waals surface area (Å²) in [4.78, 5) is 40.0. The average Bonchev–Trinajstić information content (AvgIpc) is 3.46. The summed E-state index contributed by atoms with van der Waals surface area (Å²) in [5, 5.41) is 5.52.